The van der Waals surface area contributed by atoms with Crippen LogP contribution in [-0.2, 0) is 9.59 Å². The van der Waals surface area contributed by atoms with Crippen LogP contribution in [0.3, 0.4) is 0 Å². The predicted molar refractivity (Wildman–Crippen MR) is 102 cm³/mol. The first kappa shape index (κ1) is 18.2. The van der Waals surface area contributed by atoms with E-state index in [2.05, 4.69) is 15.9 Å². The van der Waals surface area contributed by atoms with Crippen LogP contribution in [0.15, 0.2) is 33.6 Å². The number of thioether (sulfide) groups is 1. The Labute approximate surface area is 159 Å². The van der Waals surface area contributed by atoms with E-state index in [1.807, 2.05) is 31.2 Å². The molecule has 3 amide bonds. The molecule has 2 aliphatic heterocycles. The van der Waals surface area contributed by atoms with Gasteiger partial charge in [0.05, 0.1) is 4.91 Å². The van der Waals surface area contributed by atoms with Gasteiger partial charge >= 0.3 is 0 Å². The molecule has 1 aromatic rings. The van der Waals surface area contributed by atoms with Crippen molar-refractivity contribution in [1.82, 2.24) is 9.80 Å². The second kappa shape index (κ2) is 7.74. The van der Waals surface area contributed by atoms with E-state index in [0.29, 0.717) is 11.4 Å². The molecule has 0 bridgehead atoms. The molecule has 132 valence electrons. The zero-order valence-corrected chi connectivity index (χ0v) is 16.3. The largest absolute Gasteiger partial charge is 0.338 e. The predicted octanol–water partition coefficient (Wildman–Crippen LogP) is 3.89. The Morgan fingerprint density at radius 2 is 2.16 bits per heavy atom. The highest BCUT2D eigenvalue weighted by molar-refractivity contribution is 9.10. The van der Waals surface area contributed by atoms with E-state index in [9.17, 15) is 14.4 Å². The van der Waals surface area contributed by atoms with Crippen LogP contribution in [0.5, 0.6) is 0 Å². The molecule has 3 rings (SSSR count). The highest BCUT2D eigenvalue weighted by atomic mass is 79.9. The molecule has 0 saturated carbocycles. The Kier molecular flexibility index (Phi) is 5.64. The topological polar surface area (TPSA) is 57.7 Å². The lowest BCUT2D eigenvalue weighted by atomic mass is 10.0. The normalized spacial score (nSPS) is 22.8. The van der Waals surface area contributed by atoms with Crippen LogP contribution in [-0.4, -0.2) is 46.0 Å². The molecule has 2 heterocycles. The average Bonchev–Trinajstić information content (AvgIpc) is 2.83. The molecule has 0 N–H and O–H groups in total. The number of carbonyl (C=O) groups excluding carboxylic acids is 3. The number of piperidine rings is 1. The summed E-state index contributed by atoms with van der Waals surface area (Å²) >= 11 is 4.27. The standard InChI is InChI=1S/C18H19BrN2O3S/c1-12-5-2-3-8-20(12)16(22)11-21-17(23)15(25-18(21)24)10-13-6-4-7-14(19)9-13/h4,6-7,9-10,12H,2-3,5,8,11H2,1H3/b15-10-/t12-/m1/s1. The fourth-order valence-corrected chi connectivity index (χ4v) is 4.33. The number of hydrogen-bond acceptors (Lipinski definition) is 4. The first-order chi connectivity index (χ1) is 12.0. The van der Waals surface area contributed by atoms with E-state index in [1.54, 1.807) is 11.0 Å². The van der Waals surface area contributed by atoms with Crippen molar-refractivity contribution in [3.8, 4) is 0 Å². The highest BCUT2D eigenvalue weighted by Crippen LogP contribution is 2.32. The lowest BCUT2D eigenvalue weighted by Crippen LogP contribution is -2.47. The molecule has 2 fully saturated rings. The average molecular weight is 423 g/mol. The molecule has 5 nitrogen and oxygen atoms in total. The van der Waals surface area contributed by atoms with Crippen molar-refractivity contribution in [2.75, 3.05) is 13.1 Å². The number of likely N-dealkylation sites (tertiary alicyclic amines) is 1. The monoisotopic (exact) mass is 422 g/mol. The van der Waals surface area contributed by atoms with Gasteiger partial charge in [0.2, 0.25) is 5.91 Å². The Bertz CT molecular complexity index is 750. The summed E-state index contributed by atoms with van der Waals surface area (Å²) in [6, 6.07) is 7.65. The summed E-state index contributed by atoms with van der Waals surface area (Å²) in [5, 5.41) is -0.385. The molecule has 0 radical (unpaired) electrons. The zero-order chi connectivity index (χ0) is 18.0. The third-order valence-corrected chi connectivity index (χ3v) is 5.84. The van der Waals surface area contributed by atoms with Gasteiger partial charge < -0.3 is 4.90 Å². The van der Waals surface area contributed by atoms with E-state index in [4.69, 9.17) is 0 Å². The van der Waals surface area contributed by atoms with Gasteiger partial charge in [0.15, 0.2) is 0 Å². The van der Waals surface area contributed by atoms with Crippen LogP contribution in [0.25, 0.3) is 6.08 Å². The highest BCUT2D eigenvalue weighted by Gasteiger charge is 2.37. The number of halogens is 1. The first-order valence-corrected chi connectivity index (χ1v) is 9.87. The minimum absolute atomic E-state index is 0.154. The minimum Gasteiger partial charge on any atom is -0.338 e. The number of amides is 3. The van der Waals surface area contributed by atoms with Crippen LogP contribution in [0.1, 0.15) is 31.7 Å². The molecule has 1 aromatic carbocycles. The second-order valence-corrected chi connectivity index (χ2v) is 8.16. The summed E-state index contributed by atoms with van der Waals surface area (Å²) in [5.41, 5.74) is 0.829. The SMILES string of the molecule is C[C@@H]1CCCCN1C(=O)CN1C(=O)S/C(=C\c2cccc(Br)c2)C1=O. The number of rotatable bonds is 3. The van der Waals surface area contributed by atoms with Crippen LogP contribution < -0.4 is 0 Å². The summed E-state index contributed by atoms with van der Waals surface area (Å²) < 4.78 is 0.898. The molecule has 0 spiro atoms. The van der Waals surface area contributed by atoms with Gasteiger partial charge in [-0.25, -0.2) is 0 Å². The van der Waals surface area contributed by atoms with Crippen LogP contribution in [0.4, 0.5) is 4.79 Å². The Morgan fingerprint density at radius 1 is 1.36 bits per heavy atom. The summed E-state index contributed by atoms with van der Waals surface area (Å²) in [7, 11) is 0. The lowest BCUT2D eigenvalue weighted by molar-refractivity contribution is -0.138. The van der Waals surface area contributed by atoms with Crippen LogP contribution in [0, 0.1) is 0 Å². The van der Waals surface area contributed by atoms with Gasteiger partial charge in [0.1, 0.15) is 6.54 Å². The van der Waals surface area contributed by atoms with Crippen molar-refractivity contribution in [2.45, 2.75) is 32.2 Å². The van der Waals surface area contributed by atoms with Gasteiger partial charge in [-0.3, -0.25) is 19.3 Å². The van der Waals surface area contributed by atoms with Crippen molar-refractivity contribution < 1.29 is 14.4 Å². The molecule has 0 aliphatic carbocycles. The van der Waals surface area contributed by atoms with Gasteiger partial charge in [0.25, 0.3) is 11.1 Å². The smallest absolute Gasteiger partial charge is 0.294 e. The molecule has 25 heavy (non-hydrogen) atoms. The fraction of sp³-hybridized carbons (Fsp3) is 0.389. The zero-order valence-electron chi connectivity index (χ0n) is 13.9. The van der Waals surface area contributed by atoms with Gasteiger partial charge in [0, 0.05) is 17.1 Å². The molecule has 7 heteroatoms. The van der Waals surface area contributed by atoms with Gasteiger partial charge in [-0.1, -0.05) is 28.1 Å². The molecule has 1 atom stereocenters. The summed E-state index contributed by atoms with van der Waals surface area (Å²) in [6.07, 6.45) is 4.74. The Morgan fingerprint density at radius 3 is 2.88 bits per heavy atom. The van der Waals surface area contributed by atoms with Crippen molar-refractivity contribution in [3.05, 3.63) is 39.2 Å². The van der Waals surface area contributed by atoms with Gasteiger partial charge in [-0.05, 0) is 61.7 Å². The molecule has 0 aromatic heterocycles. The van der Waals surface area contributed by atoms with E-state index in [-0.39, 0.29) is 23.7 Å². The van der Waals surface area contributed by atoms with Crippen LogP contribution >= 0.6 is 27.7 Å². The summed E-state index contributed by atoms with van der Waals surface area (Å²) in [6.45, 7) is 2.53. The molecular formula is C18H19BrN2O3S. The Balaban J connectivity index is 1.72. The maximum absolute atomic E-state index is 12.5. The number of carbonyl (C=O) groups is 3. The third kappa shape index (κ3) is 4.15. The number of nitrogens with zero attached hydrogens (tertiary/aromatic N) is 2. The second-order valence-electron chi connectivity index (χ2n) is 6.25. The van der Waals surface area contributed by atoms with E-state index in [0.717, 1.165) is 46.0 Å². The van der Waals surface area contributed by atoms with E-state index in [1.165, 1.54) is 0 Å². The molecule has 0 unspecified atom stereocenters. The van der Waals surface area contributed by atoms with Crippen LogP contribution in [0.2, 0.25) is 0 Å². The van der Waals surface area contributed by atoms with Gasteiger partial charge in [-0.2, -0.15) is 0 Å². The number of hydrogen-bond donors (Lipinski definition) is 0. The number of benzene rings is 1. The maximum Gasteiger partial charge on any atom is 0.294 e. The van der Waals surface area contributed by atoms with Crippen molar-refractivity contribution in [2.24, 2.45) is 0 Å². The molecule has 2 saturated heterocycles. The van der Waals surface area contributed by atoms with E-state index >= 15 is 0 Å². The fourth-order valence-electron chi connectivity index (χ4n) is 3.08. The third-order valence-electron chi connectivity index (χ3n) is 4.44. The van der Waals surface area contributed by atoms with Crippen molar-refractivity contribution in [1.29, 1.82) is 0 Å². The summed E-state index contributed by atoms with van der Waals surface area (Å²) in [5.74, 6) is -0.550. The maximum atomic E-state index is 12.5. The first-order valence-electron chi connectivity index (χ1n) is 8.26. The van der Waals surface area contributed by atoms with E-state index < -0.39 is 5.91 Å². The minimum atomic E-state index is -0.395. The summed E-state index contributed by atoms with van der Waals surface area (Å²) in [4.78, 5) is 40.4. The Hall–Kier alpha value is -1.60. The quantitative estimate of drug-likeness (QED) is 0.693. The van der Waals surface area contributed by atoms with Crippen molar-refractivity contribution in [3.63, 3.8) is 0 Å². The lowest BCUT2D eigenvalue weighted by Gasteiger charge is -2.34. The number of imide groups is 1. The molecule has 2 aliphatic rings. The van der Waals surface area contributed by atoms with Gasteiger partial charge in [-0.15, -0.1) is 0 Å². The van der Waals surface area contributed by atoms with Crippen molar-refractivity contribution >= 4 is 50.8 Å². The molecular weight excluding hydrogens is 404 g/mol.